The van der Waals surface area contributed by atoms with E-state index in [1.54, 1.807) is 19.2 Å². The van der Waals surface area contributed by atoms with Gasteiger partial charge in [0.2, 0.25) is 0 Å². The highest BCUT2D eigenvalue weighted by molar-refractivity contribution is 9.10. The van der Waals surface area contributed by atoms with Gasteiger partial charge in [-0.05, 0) is 28.1 Å². The summed E-state index contributed by atoms with van der Waals surface area (Å²) in [7, 11) is 3.09. The first-order chi connectivity index (χ1) is 9.49. The predicted octanol–water partition coefficient (Wildman–Crippen LogP) is 2.23. The lowest BCUT2D eigenvalue weighted by Crippen LogP contribution is -2.48. The third-order valence-electron chi connectivity index (χ3n) is 3.28. The minimum Gasteiger partial charge on any atom is -0.497 e. The molecule has 0 aliphatic carbocycles. The number of benzene rings is 1. The minimum atomic E-state index is -0.186. The van der Waals surface area contributed by atoms with E-state index in [9.17, 15) is 4.79 Å². The maximum absolute atomic E-state index is 12.3. The highest BCUT2D eigenvalue weighted by Gasteiger charge is 2.34. The van der Waals surface area contributed by atoms with Gasteiger partial charge < -0.3 is 19.5 Å². The number of nitrogens with one attached hydrogen (secondary N) is 1. The molecule has 1 heterocycles. The lowest BCUT2D eigenvalue weighted by Gasteiger charge is -2.38. The van der Waals surface area contributed by atoms with E-state index in [0.717, 1.165) is 0 Å². The van der Waals surface area contributed by atoms with Gasteiger partial charge in [0.05, 0.1) is 37.5 Å². The number of halogens is 1. The zero-order chi connectivity index (χ0) is 14.8. The molecule has 1 aromatic carbocycles. The quantitative estimate of drug-likeness (QED) is 0.890. The molecule has 0 aromatic heterocycles. The van der Waals surface area contributed by atoms with E-state index in [4.69, 9.17) is 14.2 Å². The standard InChI is InChI=1S/C14H18BrNO4/c1-14(7-20-8-14)6-16-13(17)10-4-9(18-2)5-11(15)12(10)19-3/h4-5H,6-8H2,1-3H3,(H,16,17). The summed E-state index contributed by atoms with van der Waals surface area (Å²) in [5.74, 6) is 0.911. The topological polar surface area (TPSA) is 56.8 Å². The van der Waals surface area contributed by atoms with Crippen molar-refractivity contribution in [2.24, 2.45) is 5.41 Å². The molecule has 0 unspecified atom stereocenters. The van der Waals surface area contributed by atoms with Crippen LogP contribution in [0, 0.1) is 5.41 Å². The van der Waals surface area contributed by atoms with Crippen LogP contribution in [0.25, 0.3) is 0 Å². The van der Waals surface area contributed by atoms with E-state index in [1.807, 2.05) is 0 Å². The molecule has 0 saturated carbocycles. The molecule has 1 saturated heterocycles. The van der Waals surface area contributed by atoms with Crippen molar-refractivity contribution >= 4 is 21.8 Å². The molecule has 0 spiro atoms. The molecule has 1 N–H and O–H groups in total. The fourth-order valence-corrected chi connectivity index (χ4v) is 2.61. The third kappa shape index (κ3) is 3.07. The van der Waals surface area contributed by atoms with Gasteiger partial charge in [0, 0.05) is 12.0 Å². The number of carbonyl (C=O) groups is 1. The third-order valence-corrected chi connectivity index (χ3v) is 3.87. The first-order valence-corrected chi connectivity index (χ1v) is 7.06. The van der Waals surface area contributed by atoms with Crippen molar-refractivity contribution in [3.63, 3.8) is 0 Å². The molecule has 2 rings (SSSR count). The second-order valence-electron chi connectivity index (χ2n) is 5.18. The molecule has 6 heteroatoms. The maximum Gasteiger partial charge on any atom is 0.255 e. The summed E-state index contributed by atoms with van der Waals surface area (Å²) in [5, 5.41) is 2.92. The van der Waals surface area contributed by atoms with Crippen LogP contribution >= 0.6 is 15.9 Å². The second kappa shape index (κ2) is 6.01. The van der Waals surface area contributed by atoms with Crippen LogP contribution in [-0.2, 0) is 4.74 Å². The van der Waals surface area contributed by atoms with Crippen molar-refractivity contribution in [3.8, 4) is 11.5 Å². The Balaban J connectivity index is 2.17. The number of methoxy groups -OCH3 is 2. The summed E-state index contributed by atoms with van der Waals surface area (Å²) in [6.45, 7) is 4.00. The largest absolute Gasteiger partial charge is 0.497 e. The van der Waals surface area contributed by atoms with Crippen molar-refractivity contribution in [3.05, 3.63) is 22.2 Å². The fourth-order valence-electron chi connectivity index (χ4n) is 2.00. The van der Waals surface area contributed by atoms with E-state index >= 15 is 0 Å². The molecule has 0 bridgehead atoms. The molecule has 1 amide bonds. The van der Waals surface area contributed by atoms with E-state index in [2.05, 4.69) is 28.2 Å². The number of carbonyl (C=O) groups excluding carboxylic acids is 1. The fraction of sp³-hybridized carbons (Fsp3) is 0.500. The number of hydrogen-bond donors (Lipinski definition) is 1. The Morgan fingerprint density at radius 3 is 2.60 bits per heavy atom. The minimum absolute atomic E-state index is 0.0268. The van der Waals surface area contributed by atoms with Crippen molar-refractivity contribution in [1.29, 1.82) is 0 Å². The van der Waals surface area contributed by atoms with Gasteiger partial charge in [0.25, 0.3) is 5.91 Å². The number of amides is 1. The maximum atomic E-state index is 12.3. The van der Waals surface area contributed by atoms with Gasteiger partial charge in [0.15, 0.2) is 0 Å². The Morgan fingerprint density at radius 2 is 2.10 bits per heavy atom. The van der Waals surface area contributed by atoms with Crippen molar-refractivity contribution in [2.45, 2.75) is 6.92 Å². The zero-order valence-corrected chi connectivity index (χ0v) is 13.4. The Morgan fingerprint density at radius 1 is 1.40 bits per heavy atom. The highest BCUT2D eigenvalue weighted by Crippen LogP contribution is 2.34. The Hall–Kier alpha value is -1.27. The smallest absolute Gasteiger partial charge is 0.255 e. The van der Waals surface area contributed by atoms with Gasteiger partial charge >= 0.3 is 0 Å². The average Bonchev–Trinajstić information content (AvgIpc) is 2.41. The van der Waals surface area contributed by atoms with Crippen LogP contribution in [0.1, 0.15) is 17.3 Å². The SMILES string of the molecule is COc1cc(Br)c(OC)c(C(=O)NCC2(C)COC2)c1. The predicted molar refractivity (Wildman–Crippen MR) is 78.5 cm³/mol. The molecular weight excluding hydrogens is 326 g/mol. The molecule has 0 atom stereocenters. The summed E-state index contributed by atoms with van der Waals surface area (Å²) in [5.41, 5.74) is 0.474. The van der Waals surface area contributed by atoms with Crippen LogP contribution < -0.4 is 14.8 Å². The molecular formula is C14H18BrNO4. The molecule has 20 heavy (non-hydrogen) atoms. The van der Waals surface area contributed by atoms with Crippen LogP contribution in [0.2, 0.25) is 0 Å². The summed E-state index contributed by atoms with van der Waals surface area (Å²) in [6, 6.07) is 3.43. The molecule has 1 aromatic rings. The number of rotatable bonds is 5. The van der Waals surface area contributed by atoms with Crippen LogP contribution in [0.3, 0.4) is 0 Å². The molecule has 5 nitrogen and oxygen atoms in total. The Labute approximate surface area is 126 Å². The lowest BCUT2D eigenvalue weighted by molar-refractivity contribution is -0.0978. The monoisotopic (exact) mass is 343 g/mol. The normalized spacial score (nSPS) is 16.2. The second-order valence-corrected chi connectivity index (χ2v) is 6.03. The van der Waals surface area contributed by atoms with Crippen LogP contribution in [0.15, 0.2) is 16.6 Å². The molecule has 1 aliphatic rings. The first kappa shape index (κ1) is 15.1. The van der Waals surface area contributed by atoms with Crippen molar-refractivity contribution in [1.82, 2.24) is 5.32 Å². The Bertz CT molecular complexity index is 514. The van der Waals surface area contributed by atoms with Crippen molar-refractivity contribution < 1.29 is 19.0 Å². The summed E-state index contributed by atoms with van der Waals surface area (Å²) in [6.07, 6.45) is 0. The van der Waals surface area contributed by atoms with Crippen LogP contribution in [-0.4, -0.2) is 39.9 Å². The van der Waals surface area contributed by atoms with E-state index in [-0.39, 0.29) is 11.3 Å². The van der Waals surface area contributed by atoms with E-state index in [1.165, 1.54) is 7.11 Å². The van der Waals surface area contributed by atoms with Crippen molar-refractivity contribution in [2.75, 3.05) is 34.0 Å². The number of hydrogen-bond acceptors (Lipinski definition) is 4. The lowest BCUT2D eigenvalue weighted by atomic mass is 9.88. The van der Waals surface area contributed by atoms with Gasteiger partial charge in [-0.15, -0.1) is 0 Å². The van der Waals surface area contributed by atoms with Gasteiger partial charge in [0.1, 0.15) is 11.5 Å². The zero-order valence-electron chi connectivity index (χ0n) is 11.8. The summed E-state index contributed by atoms with van der Waals surface area (Å²) in [4.78, 5) is 12.3. The molecule has 110 valence electrons. The summed E-state index contributed by atoms with van der Waals surface area (Å²) >= 11 is 3.38. The molecule has 1 fully saturated rings. The highest BCUT2D eigenvalue weighted by atomic mass is 79.9. The van der Waals surface area contributed by atoms with Gasteiger partial charge in [-0.3, -0.25) is 4.79 Å². The van der Waals surface area contributed by atoms with E-state index in [0.29, 0.717) is 41.3 Å². The van der Waals surface area contributed by atoms with Crippen LogP contribution in [0.5, 0.6) is 11.5 Å². The Kier molecular flexibility index (Phi) is 4.55. The molecule has 0 radical (unpaired) electrons. The van der Waals surface area contributed by atoms with Gasteiger partial charge in [-0.2, -0.15) is 0 Å². The number of ether oxygens (including phenoxy) is 3. The average molecular weight is 344 g/mol. The van der Waals surface area contributed by atoms with Gasteiger partial charge in [-0.25, -0.2) is 0 Å². The summed E-state index contributed by atoms with van der Waals surface area (Å²) < 4.78 is 16.3. The van der Waals surface area contributed by atoms with E-state index < -0.39 is 0 Å². The van der Waals surface area contributed by atoms with Gasteiger partial charge in [-0.1, -0.05) is 6.92 Å². The van der Waals surface area contributed by atoms with Crippen LogP contribution in [0.4, 0.5) is 0 Å². The molecule has 1 aliphatic heterocycles. The first-order valence-electron chi connectivity index (χ1n) is 6.26.